The standard InChI is InChI=1S/C23H23BrN4/c24-19-7-5-17(6-8-19)23-18(13-26-27-23)15-28-11-9-16(10-12-28)21-14-25-22-4-2-1-3-20(21)22/h1-8,13-14,16,25H,9-12,15H2,(H,26,27). The molecular formula is C23H23BrN4. The quantitative estimate of drug-likeness (QED) is 0.432. The summed E-state index contributed by atoms with van der Waals surface area (Å²) in [4.78, 5) is 5.99. The van der Waals surface area contributed by atoms with Gasteiger partial charge in [-0.3, -0.25) is 10.00 Å². The fourth-order valence-electron chi connectivity index (χ4n) is 4.37. The lowest BCUT2D eigenvalue weighted by atomic mass is 9.89. The highest BCUT2D eigenvalue weighted by Gasteiger charge is 2.23. The van der Waals surface area contributed by atoms with Gasteiger partial charge in [0.1, 0.15) is 0 Å². The molecule has 2 N–H and O–H groups in total. The van der Waals surface area contributed by atoms with Gasteiger partial charge in [-0.15, -0.1) is 0 Å². The van der Waals surface area contributed by atoms with Crippen LogP contribution in [0, 0.1) is 0 Å². The number of fused-ring (bicyclic) bond motifs is 1. The summed E-state index contributed by atoms with van der Waals surface area (Å²) in [5.41, 5.74) is 6.31. The van der Waals surface area contributed by atoms with E-state index in [0.717, 1.165) is 29.8 Å². The van der Waals surface area contributed by atoms with Crippen LogP contribution in [0.25, 0.3) is 22.2 Å². The highest BCUT2D eigenvalue weighted by molar-refractivity contribution is 9.10. The number of nitrogens with zero attached hydrogens (tertiary/aromatic N) is 2. The van der Waals surface area contributed by atoms with Crippen molar-refractivity contribution in [2.75, 3.05) is 13.1 Å². The Bertz CT molecular complexity index is 1070. The van der Waals surface area contributed by atoms with E-state index in [0.29, 0.717) is 5.92 Å². The van der Waals surface area contributed by atoms with Gasteiger partial charge >= 0.3 is 0 Å². The Balaban J connectivity index is 1.27. The normalized spacial score (nSPS) is 16.0. The van der Waals surface area contributed by atoms with Crippen LogP contribution in [0.4, 0.5) is 0 Å². The first-order valence-electron chi connectivity index (χ1n) is 9.84. The minimum atomic E-state index is 0.641. The molecule has 2 aromatic carbocycles. The van der Waals surface area contributed by atoms with Crippen LogP contribution in [0.1, 0.15) is 29.9 Å². The van der Waals surface area contributed by atoms with Gasteiger partial charge in [0, 0.05) is 33.7 Å². The van der Waals surface area contributed by atoms with Gasteiger partial charge in [-0.05, 0) is 61.2 Å². The number of likely N-dealkylation sites (tertiary alicyclic amines) is 1. The highest BCUT2D eigenvalue weighted by atomic mass is 79.9. The molecule has 0 bridgehead atoms. The van der Waals surface area contributed by atoms with Crippen molar-refractivity contribution >= 4 is 26.8 Å². The molecule has 4 aromatic rings. The molecule has 5 rings (SSSR count). The average Bonchev–Trinajstić information content (AvgIpc) is 3.36. The van der Waals surface area contributed by atoms with Crippen molar-refractivity contribution in [3.63, 3.8) is 0 Å². The van der Waals surface area contributed by atoms with Gasteiger partial charge in [0.15, 0.2) is 0 Å². The van der Waals surface area contributed by atoms with Crippen LogP contribution >= 0.6 is 15.9 Å². The number of nitrogens with one attached hydrogen (secondary N) is 2. The predicted molar refractivity (Wildman–Crippen MR) is 117 cm³/mol. The zero-order valence-corrected chi connectivity index (χ0v) is 17.2. The van der Waals surface area contributed by atoms with Crippen molar-refractivity contribution in [1.82, 2.24) is 20.1 Å². The second kappa shape index (κ2) is 7.57. The summed E-state index contributed by atoms with van der Waals surface area (Å²) in [5.74, 6) is 0.641. The molecule has 1 fully saturated rings. The molecule has 0 unspecified atom stereocenters. The zero-order chi connectivity index (χ0) is 18.9. The molecule has 28 heavy (non-hydrogen) atoms. The lowest BCUT2D eigenvalue weighted by molar-refractivity contribution is 0.205. The van der Waals surface area contributed by atoms with Gasteiger partial charge in [0.25, 0.3) is 0 Å². The highest BCUT2D eigenvalue weighted by Crippen LogP contribution is 2.34. The number of aromatic nitrogens is 3. The van der Waals surface area contributed by atoms with Crippen LogP contribution in [0.5, 0.6) is 0 Å². The Hall–Kier alpha value is -2.37. The van der Waals surface area contributed by atoms with Crippen LogP contribution < -0.4 is 0 Å². The first kappa shape index (κ1) is 17.7. The molecule has 0 atom stereocenters. The molecule has 1 aliphatic heterocycles. The first-order chi connectivity index (χ1) is 13.8. The number of para-hydroxylation sites is 1. The molecule has 0 spiro atoms. The summed E-state index contributed by atoms with van der Waals surface area (Å²) >= 11 is 3.51. The van der Waals surface area contributed by atoms with Crippen molar-refractivity contribution in [3.05, 3.63) is 76.5 Å². The van der Waals surface area contributed by atoms with E-state index in [1.807, 2.05) is 6.20 Å². The molecule has 4 nitrogen and oxygen atoms in total. The van der Waals surface area contributed by atoms with Crippen LogP contribution in [0.3, 0.4) is 0 Å². The Morgan fingerprint density at radius 3 is 2.64 bits per heavy atom. The van der Waals surface area contributed by atoms with E-state index >= 15 is 0 Å². The smallest absolute Gasteiger partial charge is 0.0695 e. The van der Waals surface area contributed by atoms with E-state index in [9.17, 15) is 0 Å². The summed E-state index contributed by atoms with van der Waals surface area (Å²) in [6, 6.07) is 17.0. The van der Waals surface area contributed by atoms with Crippen LogP contribution in [0.2, 0.25) is 0 Å². The van der Waals surface area contributed by atoms with E-state index < -0.39 is 0 Å². The molecule has 0 radical (unpaired) electrons. The average molecular weight is 435 g/mol. The third kappa shape index (κ3) is 3.40. The van der Waals surface area contributed by atoms with Gasteiger partial charge in [0.05, 0.1) is 11.9 Å². The van der Waals surface area contributed by atoms with Crippen molar-refractivity contribution < 1.29 is 0 Å². The minimum Gasteiger partial charge on any atom is -0.361 e. The Morgan fingerprint density at radius 2 is 1.82 bits per heavy atom. The molecule has 5 heteroatoms. The van der Waals surface area contributed by atoms with Gasteiger partial charge in [-0.25, -0.2) is 0 Å². The van der Waals surface area contributed by atoms with Gasteiger partial charge in [-0.1, -0.05) is 46.3 Å². The van der Waals surface area contributed by atoms with Gasteiger partial charge in [-0.2, -0.15) is 5.10 Å². The molecule has 142 valence electrons. The number of hydrogen-bond donors (Lipinski definition) is 2. The number of rotatable bonds is 4. The molecule has 3 heterocycles. The summed E-state index contributed by atoms with van der Waals surface area (Å²) in [6.45, 7) is 3.19. The molecule has 2 aromatic heterocycles. The summed E-state index contributed by atoms with van der Waals surface area (Å²) in [6.07, 6.45) is 6.59. The molecule has 0 aliphatic carbocycles. The maximum Gasteiger partial charge on any atom is 0.0695 e. The number of halogens is 1. The third-order valence-electron chi connectivity index (χ3n) is 5.89. The number of piperidine rings is 1. The third-order valence-corrected chi connectivity index (χ3v) is 6.42. The topological polar surface area (TPSA) is 47.7 Å². The van der Waals surface area contributed by atoms with Crippen molar-refractivity contribution in [2.45, 2.75) is 25.3 Å². The molecule has 0 amide bonds. The maximum atomic E-state index is 4.31. The van der Waals surface area contributed by atoms with E-state index in [-0.39, 0.29) is 0 Å². The minimum absolute atomic E-state index is 0.641. The SMILES string of the molecule is Brc1ccc(-c2[nH]ncc2CN2CCC(c3c[nH]c4ccccc34)CC2)cc1. The summed E-state index contributed by atoms with van der Waals surface area (Å²) in [7, 11) is 0. The van der Waals surface area contributed by atoms with E-state index in [1.165, 1.54) is 40.4 Å². The molecule has 1 saturated heterocycles. The second-order valence-electron chi connectivity index (χ2n) is 7.62. The van der Waals surface area contributed by atoms with Crippen molar-refractivity contribution in [3.8, 4) is 11.3 Å². The molecule has 0 saturated carbocycles. The summed E-state index contributed by atoms with van der Waals surface area (Å²) in [5, 5.41) is 8.88. The Morgan fingerprint density at radius 1 is 1.04 bits per heavy atom. The van der Waals surface area contributed by atoms with E-state index in [1.54, 1.807) is 0 Å². The lowest BCUT2D eigenvalue weighted by Gasteiger charge is -2.31. The Kier molecular flexibility index (Phi) is 4.79. The van der Waals surface area contributed by atoms with E-state index in [4.69, 9.17) is 0 Å². The molecular weight excluding hydrogens is 412 g/mol. The number of aromatic amines is 2. The maximum absolute atomic E-state index is 4.31. The number of H-pyrrole nitrogens is 2. The number of hydrogen-bond acceptors (Lipinski definition) is 2. The molecule has 1 aliphatic rings. The van der Waals surface area contributed by atoms with Crippen molar-refractivity contribution in [1.29, 1.82) is 0 Å². The predicted octanol–water partition coefficient (Wildman–Crippen LogP) is 5.70. The second-order valence-corrected chi connectivity index (χ2v) is 8.53. The first-order valence-corrected chi connectivity index (χ1v) is 10.6. The van der Waals surface area contributed by atoms with Crippen LogP contribution in [0.15, 0.2) is 65.4 Å². The number of benzene rings is 2. The lowest BCUT2D eigenvalue weighted by Crippen LogP contribution is -2.32. The van der Waals surface area contributed by atoms with Crippen LogP contribution in [-0.2, 0) is 6.54 Å². The van der Waals surface area contributed by atoms with Crippen LogP contribution in [-0.4, -0.2) is 33.2 Å². The summed E-state index contributed by atoms with van der Waals surface area (Å²) < 4.78 is 1.09. The largest absolute Gasteiger partial charge is 0.361 e. The fraction of sp³-hybridized carbons (Fsp3) is 0.261. The monoisotopic (exact) mass is 434 g/mol. The van der Waals surface area contributed by atoms with Crippen molar-refractivity contribution in [2.24, 2.45) is 0 Å². The van der Waals surface area contributed by atoms with Gasteiger partial charge in [0.2, 0.25) is 0 Å². The van der Waals surface area contributed by atoms with Gasteiger partial charge < -0.3 is 4.98 Å². The Labute approximate surface area is 173 Å². The fourth-order valence-corrected chi connectivity index (χ4v) is 4.64. The zero-order valence-electron chi connectivity index (χ0n) is 15.7. The van der Waals surface area contributed by atoms with E-state index in [2.05, 4.69) is 90.7 Å².